The molecule has 5 nitrogen and oxygen atoms in total. The molecule has 1 N–H and O–H groups in total. The quantitative estimate of drug-likeness (QED) is 0.730. The lowest BCUT2D eigenvalue weighted by Gasteiger charge is -2.32. The summed E-state index contributed by atoms with van der Waals surface area (Å²) in [6.07, 6.45) is 6.46. The maximum Gasteiger partial charge on any atom is 0.223 e. The number of nitrogens with zero attached hydrogens (tertiary/aromatic N) is 3. The van der Waals surface area contributed by atoms with Crippen LogP contribution in [0.25, 0.3) is 0 Å². The first-order valence-corrected chi connectivity index (χ1v) is 9.87. The van der Waals surface area contributed by atoms with Crippen molar-refractivity contribution >= 4 is 11.6 Å². The molecule has 0 radical (unpaired) electrons. The van der Waals surface area contributed by atoms with Crippen molar-refractivity contribution in [3.63, 3.8) is 0 Å². The van der Waals surface area contributed by atoms with Gasteiger partial charge in [-0.05, 0) is 50.6 Å². The SMILES string of the molecule is CN(CCCNC(=O)C1CCN(c2ccncc2)CC1)Cc1ccccc1. The third-order valence-electron chi connectivity index (χ3n) is 5.20. The van der Waals surface area contributed by atoms with Gasteiger partial charge in [0.05, 0.1) is 0 Å². The van der Waals surface area contributed by atoms with Gasteiger partial charge in [0.1, 0.15) is 0 Å². The fourth-order valence-corrected chi connectivity index (χ4v) is 3.63. The van der Waals surface area contributed by atoms with E-state index in [1.165, 1.54) is 11.3 Å². The van der Waals surface area contributed by atoms with Gasteiger partial charge in [0.15, 0.2) is 0 Å². The first-order valence-electron chi connectivity index (χ1n) is 9.87. The van der Waals surface area contributed by atoms with Crippen molar-refractivity contribution in [1.82, 2.24) is 15.2 Å². The van der Waals surface area contributed by atoms with Crippen LogP contribution in [0.5, 0.6) is 0 Å². The Morgan fingerprint density at radius 3 is 2.56 bits per heavy atom. The Morgan fingerprint density at radius 1 is 1.15 bits per heavy atom. The number of rotatable bonds is 8. The number of carbonyl (C=O) groups is 1. The summed E-state index contributed by atoms with van der Waals surface area (Å²) in [5, 5.41) is 3.13. The number of hydrogen-bond donors (Lipinski definition) is 1. The number of pyridine rings is 1. The molecule has 1 aliphatic heterocycles. The van der Waals surface area contributed by atoms with E-state index >= 15 is 0 Å². The lowest BCUT2D eigenvalue weighted by molar-refractivity contribution is -0.125. The number of aromatic nitrogens is 1. The topological polar surface area (TPSA) is 48.5 Å². The summed E-state index contributed by atoms with van der Waals surface area (Å²) in [5.74, 6) is 0.361. The molecule has 1 saturated heterocycles. The zero-order chi connectivity index (χ0) is 18.9. The van der Waals surface area contributed by atoms with Crippen LogP contribution in [0.3, 0.4) is 0 Å². The highest BCUT2D eigenvalue weighted by Gasteiger charge is 2.24. The second kappa shape index (κ2) is 10.1. The summed E-state index contributed by atoms with van der Waals surface area (Å²) >= 11 is 0. The Kier molecular flexibility index (Phi) is 7.22. The van der Waals surface area contributed by atoms with Crippen molar-refractivity contribution in [1.29, 1.82) is 0 Å². The smallest absolute Gasteiger partial charge is 0.223 e. The highest BCUT2D eigenvalue weighted by atomic mass is 16.1. The molecule has 0 aliphatic carbocycles. The fourth-order valence-electron chi connectivity index (χ4n) is 3.63. The van der Waals surface area contributed by atoms with Crippen LogP contribution < -0.4 is 10.2 Å². The molecule has 2 heterocycles. The molecule has 1 amide bonds. The van der Waals surface area contributed by atoms with Crippen LogP contribution in [0.15, 0.2) is 54.9 Å². The Labute approximate surface area is 162 Å². The van der Waals surface area contributed by atoms with Gasteiger partial charge in [0.2, 0.25) is 5.91 Å². The molecule has 1 fully saturated rings. The monoisotopic (exact) mass is 366 g/mol. The average molecular weight is 367 g/mol. The molecule has 1 aliphatic rings. The molecule has 2 aromatic rings. The molecule has 27 heavy (non-hydrogen) atoms. The Bertz CT molecular complexity index is 684. The Balaban J connectivity index is 1.31. The van der Waals surface area contributed by atoms with Crippen molar-refractivity contribution in [2.75, 3.05) is 38.1 Å². The van der Waals surface area contributed by atoms with Gasteiger partial charge in [-0.2, -0.15) is 0 Å². The fraction of sp³-hybridized carbons (Fsp3) is 0.455. The van der Waals surface area contributed by atoms with Crippen molar-refractivity contribution in [2.24, 2.45) is 5.92 Å². The first kappa shape index (κ1) is 19.4. The van der Waals surface area contributed by atoms with E-state index in [1.54, 1.807) is 0 Å². The molecule has 5 heteroatoms. The lowest BCUT2D eigenvalue weighted by Crippen LogP contribution is -2.41. The number of piperidine rings is 1. The van der Waals surface area contributed by atoms with Crippen LogP contribution in [0.1, 0.15) is 24.8 Å². The zero-order valence-electron chi connectivity index (χ0n) is 16.2. The highest BCUT2D eigenvalue weighted by molar-refractivity contribution is 5.78. The summed E-state index contributed by atoms with van der Waals surface area (Å²) in [7, 11) is 2.13. The average Bonchev–Trinajstić information content (AvgIpc) is 2.72. The number of anilines is 1. The second-order valence-corrected chi connectivity index (χ2v) is 7.33. The maximum absolute atomic E-state index is 12.4. The summed E-state index contributed by atoms with van der Waals surface area (Å²) < 4.78 is 0. The zero-order valence-corrected chi connectivity index (χ0v) is 16.2. The van der Waals surface area contributed by atoms with Crippen molar-refractivity contribution in [3.05, 3.63) is 60.4 Å². The van der Waals surface area contributed by atoms with Gasteiger partial charge in [0, 0.05) is 50.2 Å². The number of hydrogen-bond acceptors (Lipinski definition) is 4. The summed E-state index contributed by atoms with van der Waals surface area (Å²) in [6, 6.07) is 14.6. The van der Waals surface area contributed by atoms with E-state index in [-0.39, 0.29) is 11.8 Å². The van der Waals surface area contributed by atoms with Gasteiger partial charge in [-0.3, -0.25) is 9.78 Å². The van der Waals surface area contributed by atoms with Crippen molar-refractivity contribution < 1.29 is 4.79 Å². The predicted octanol–water partition coefficient (Wildman–Crippen LogP) is 2.94. The predicted molar refractivity (Wildman–Crippen MR) is 110 cm³/mol. The molecule has 0 spiro atoms. The van der Waals surface area contributed by atoms with Crippen molar-refractivity contribution in [3.8, 4) is 0 Å². The van der Waals surface area contributed by atoms with Crippen LogP contribution >= 0.6 is 0 Å². The summed E-state index contributed by atoms with van der Waals surface area (Å²) in [4.78, 5) is 21.1. The third-order valence-corrected chi connectivity index (χ3v) is 5.20. The van der Waals surface area contributed by atoms with E-state index in [0.29, 0.717) is 0 Å². The highest BCUT2D eigenvalue weighted by Crippen LogP contribution is 2.22. The van der Waals surface area contributed by atoms with E-state index in [2.05, 4.69) is 51.4 Å². The molecule has 0 unspecified atom stereocenters. The number of benzene rings is 1. The third kappa shape index (κ3) is 6.07. The van der Waals surface area contributed by atoms with Gasteiger partial charge in [-0.25, -0.2) is 0 Å². The van der Waals surface area contributed by atoms with Gasteiger partial charge in [0.25, 0.3) is 0 Å². The van der Waals surface area contributed by atoms with Crippen molar-refractivity contribution in [2.45, 2.75) is 25.8 Å². The van der Waals surface area contributed by atoms with E-state index in [4.69, 9.17) is 0 Å². The molecule has 0 bridgehead atoms. The molecule has 1 aromatic carbocycles. The van der Waals surface area contributed by atoms with E-state index in [9.17, 15) is 4.79 Å². The van der Waals surface area contributed by atoms with Crippen LogP contribution in [-0.4, -0.2) is 49.0 Å². The molecule has 0 saturated carbocycles. The molecular formula is C22H30N4O. The molecule has 3 rings (SSSR count). The normalized spacial score (nSPS) is 15.1. The minimum atomic E-state index is 0.144. The van der Waals surface area contributed by atoms with Crippen LogP contribution in [0.2, 0.25) is 0 Å². The first-order chi connectivity index (χ1) is 13.2. The second-order valence-electron chi connectivity index (χ2n) is 7.33. The lowest BCUT2D eigenvalue weighted by atomic mass is 9.95. The van der Waals surface area contributed by atoms with E-state index < -0.39 is 0 Å². The van der Waals surface area contributed by atoms with Crippen LogP contribution in [0.4, 0.5) is 5.69 Å². The van der Waals surface area contributed by atoms with E-state index in [1.807, 2.05) is 30.6 Å². The molecule has 144 valence electrons. The number of nitrogens with one attached hydrogen (secondary N) is 1. The van der Waals surface area contributed by atoms with Gasteiger partial charge < -0.3 is 15.1 Å². The Morgan fingerprint density at radius 2 is 1.85 bits per heavy atom. The number of amides is 1. The standard InChI is InChI=1S/C22H30N4O/c1-25(18-19-6-3-2-4-7-19)15-5-12-24-22(27)20-10-16-26(17-11-20)21-8-13-23-14-9-21/h2-4,6-9,13-14,20H,5,10-12,15-18H2,1H3,(H,24,27). The molecule has 0 atom stereocenters. The summed E-state index contributed by atoms with van der Waals surface area (Å²) in [6.45, 7) is 4.55. The number of carbonyl (C=O) groups excluding carboxylic acids is 1. The van der Waals surface area contributed by atoms with Gasteiger partial charge >= 0.3 is 0 Å². The molecular weight excluding hydrogens is 336 g/mol. The van der Waals surface area contributed by atoms with Crippen LogP contribution in [-0.2, 0) is 11.3 Å². The molecule has 1 aromatic heterocycles. The minimum Gasteiger partial charge on any atom is -0.371 e. The minimum absolute atomic E-state index is 0.144. The summed E-state index contributed by atoms with van der Waals surface area (Å²) in [5.41, 5.74) is 2.52. The van der Waals surface area contributed by atoms with Gasteiger partial charge in [-0.1, -0.05) is 30.3 Å². The Hall–Kier alpha value is -2.40. The van der Waals surface area contributed by atoms with Crippen LogP contribution in [0, 0.1) is 5.92 Å². The van der Waals surface area contributed by atoms with E-state index in [0.717, 1.165) is 52.0 Å². The maximum atomic E-state index is 12.4. The van der Waals surface area contributed by atoms with Gasteiger partial charge in [-0.15, -0.1) is 0 Å². The largest absolute Gasteiger partial charge is 0.371 e.